The van der Waals surface area contributed by atoms with Crippen molar-refractivity contribution in [3.63, 3.8) is 0 Å². The van der Waals surface area contributed by atoms with Crippen LogP contribution in [-0.4, -0.2) is 17.8 Å². The van der Waals surface area contributed by atoms with Gasteiger partial charge in [-0.1, -0.05) is 0 Å². The van der Waals surface area contributed by atoms with E-state index in [0.29, 0.717) is 6.04 Å². The maximum atomic E-state index is 4.19. The molecule has 0 amide bonds. The number of H-pyrrole nitrogens is 1. The minimum atomic E-state index is 0.419. The second-order valence-electron chi connectivity index (χ2n) is 2.48. The van der Waals surface area contributed by atoms with Gasteiger partial charge in [-0.25, -0.2) is 0 Å². The van der Waals surface area contributed by atoms with Crippen LogP contribution in [0, 0.1) is 0 Å². The molecule has 11 heavy (non-hydrogen) atoms. The average Bonchev–Trinajstić information content (AvgIpc) is 2.52. The Morgan fingerprint density at radius 1 is 1.73 bits per heavy atom. The highest BCUT2D eigenvalue weighted by Gasteiger charge is 2.06. The maximum Gasteiger partial charge on any atom is 0.0478 e. The molecule has 1 aromatic rings. The molecule has 0 aliphatic carbocycles. The minimum Gasteiger partial charge on any atom is -0.364 e. The van der Waals surface area contributed by atoms with Crippen molar-refractivity contribution in [2.75, 3.05) is 12.8 Å². The lowest BCUT2D eigenvalue weighted by Gasteiger charge is -2.12. The van der Waals surface area contributed by atoms with Gasteiger partial charge in [0.25, 0.3) is 0 Å². The van der Waals surface area contributed by atoms with E-state index in [0.717, 1.165) is 12.2 Å². The van der Waals surface area contributed by atoms with Gasteiger partial charge in [-0.3, -0.25) is 0 Å². The molecule has 3 heteroatoms. The molecule has 1 rings (SSSR count). The van der Waals surface area contributed by atoms with E-state index >= 15 is 0 Å². The zero-order chi connectivity index (χ0) is 8.10. The molecule has 1 heterocycles. The van der Waals surface area contributed by atoms with Crippen molar-refractivity contribution in [1.82, 2.24) is 10.3 Å². The smallest absolute Gasteiger partial charge is 0.0478 e. The summed E-state index contributed by atoms with van der Waals surface area (Å²) in [6.07, 6.45) is 3.00. The fourth-order valence-electron chi connectivity index (χ4n) is 1.15. The van der Waals surface area contributed by atoms with Gasteiger partial charge in [0.1, 0.15) is 0 Å². The molecule has 0 bridgehead atoms. The summed E-state index contributed by atoms with van der Waals surface area (Å²) in [6.45, 7) is 0. The van der Waals surface area contributed by atoms with Gasteiger partial charge in [-0.05, 0) is 31.4 Å². The standard InChI is InChI=1S/C8H14N2S/c1-9-7(4-6-11)8-3-2-5-10-8/h2-3,5,7,9-11H,4,6H2,1H3. The third-order valence-electron chi connectivity index (χ3n) is 1.76. The summed E-state index contributed by atoms with van der Waals surface area (Å²) >= 11 is 4.19. The van der Waals surface area contributed by atoms with Gasteiger partial charge in [0.15, 0.2) is 0 Å². The van der Waals surface area contributed by atoms with Crippen molar-refractivity contribution in [2.45, 2.75) is 12.5 Å². The van der Waals surface area contributed by atoms with Gasteiger partial charge >= 0.3 is 0 Å². The van der Waals surface area contributed by atoms with Crippen molar-refractivity contribution in [3.05, 3.63) is 24.0 Å². The third kappa shape index (κ3) is 2.27. The first-order chi connectivity index (χ1) is 5.38. The normalized spacial score (nSPS) is 13.3. The van der Waals surface area contributed by atoms with Crippen molar-refractivity contribution in [1.29, 1.82) is 0 Å². The van der Waals surface area contributed by atoms with Crippen molar-refractivity contribution >= 4 is 12.6 Å². The molecule has 0 aliphatic rings. The lowest BCUT2D eigenvalue weighted by atomic mass is 10.1. The summed E-state index contributed by atoms with van der Waals surface area (Å²) in [5.41, 5.74) is 1.24. The molecular formula is C8H14N2S. The van der Waals surface area contributed by atoms with Gasteiger partial charge in [0.2, 0.25) is 0 Å². The van der Waals surface area contributed by atoms with E-state index in [1.165, 1.54) is 5.69 Å². The Labute approximate surface area is 72.8 Å². The van der Waals surface area contributed by atoms with Gasteiger partial charge in [-0.2, -0.15) is 12.6 Å². The fraction of sp³-hybridized carbons (Fsp3) is 0.500. The molecule has 2 N–H and O–H groups in total. The SMILES string of the molecule is CNC(CCS)c1ccc[nH]1. The van der Waals surface area contributed by atoms with Crippen LogP contribution in [-0.2, 0) is 0 Å². The van der Waals surface area contributed by atoms with E-state index in [2.05, 4.69) is 29.0 Å². The number of rotatable bonds is 4. The predicted octanol–water partition coefficient (Wildman–Crippen LogP) is 1.60. The highest BCUT2D eigenvalue weighted by molar-refractivity contribution is 7.80. The average molecular weight is 170 g/mol. The Hall–Kier alpha value is -0.410. The second-order valence-corrected chi connectivity index (χ2v) is 2.93. The summed E-state index contributed by atoms with van der Waals surface area (Å²) in [4.78, 5) is 3.18. The largest absolute Gasteiger partial charge is 0.364 e. The fourth-order valence-corrected chi connectivity index (χ4v) is 1.40. The number of thiol groups is 1. The summed E-state index contributed by atoms with van der Waals surface area (Å²) in [5.74, 6) is 0.907. The summed E-state index contributed by atoms with van der Waals surface area (Å²) in [7, 11) is 1.97. The molecule has 0 saturated carbocycles. The van der Waals surface area contributed by atoms with Gasteiger partial charge in [-0.15, -0.1) is 0 Å². The number of nitrogens with one attached hydrogen (secondary N) is 2. The lowest BCUT2D eigenvalue weighted by Crippen LogP contribution is -2.16. The zero-order valence-corrected chi connectivity index (χ0v) is 7.57. The van der Waals surface area contributed by atoms with Crippen LogP contribution in [0.3, 0.4) is 0 Å². The van der Waals surface area contributed by atoms with Crippen LogP contribution >= 0.6 is 12.6 Å². The number of hydrogen-bond acceptors (Lipinski definition) is 2. The predicted molar refractivity (Wildman–Crippen MR) is 51.1 cm³/mol. The van der Waals surface area contributed by atoms with Crippen LogP contribution in [0.2, 0.25) is 0 Å². The number of aromatic nitrogens is 1. The van der Waals surface area contributed by atoms with Gasteiger partial charge < -0.3 is 10.3 Å². The quantitative estimate of drug-likeness (QED) is 0.588. The van der Waals surface area contributed by atoms with E-state index in [4.69, 9.17) is 0 Å². The molecule has 0 radical (unpaired) electrons. The highest BCUT2D eigenvalue weighted by atomic mass is 32.1. The molecule has 1 unspecified atom stereocenters. The molecular weight excluding hydrogens is 156 g/mol. The number of hydrogen-bond donors (Lipinski definition) is 3. The molecule has 0 saturated heterocycles. The Morgan fingerprint density at radius 3 is 3.00 bits per heavy atom. The monoisotopic (exact) mass is 170 g/mol. The zero-order valence-electron chi connectivity index (χ0n) is 6.67. The molecule has 0 aromatic carbocycles. The Kier molecular flexibility index (Phi) is 3.52. The molecule has 1 atom stereocenters. The topological polar surface area (TPSA) is 27.8 Å². The van der Waals surface area contributed by atoms with E-state index in [9.17, 15) is 0 Å². The Bertz CT molecular complexity index is 184. The van der Waals surface area contributed by atoms with E-state index in [1.54, 1.807) is 0 Å². The molecule has 0 fully saturated rings. The first kappa shape index (κ1) is 8.68. The van der Waals surface area contributed by atoms with Gasteiger partial charge in [0, 0.05) is 17.9 Å². The second kappa shape index (κ2) is 4.46. The minimum absolute atomic E-state index is 0.419. The van der Waals surface area contributed by atoms with Crippen LogP contribution in [0.25, 0.3) is 0 Å². The highest BCUT2D eigenvalue weighted by Crippen LogP contribution is 2.13. The molecule has 1 aromatic heterocycles. The van der Waals surface area contributed by atoms with Crippen LogP contribution in [0.5, 0.6) is 0 Å². The van der Waals surface area contributed by atoms with Crippen LogP contribution < -0.4 is 5.32 Å². The molecule has 2 nitrogen and oxygen atoms in total. The lowest BCUT2D eigenvalue weighted by molar-refractivity contribution is 0.569. The van der Waals surface area contributed by atoms with Crippen LogP contribution in [0.4, 0.5) is 0 Å². The Balaban J connectivity index is 2.56. The van der Waals surface area contributed by atoms with Crippen molar-refractivity contribution < 1.29 is 0 Å². The number of aromatic amines is 1. The maximum absolute atomic E-state index is 4.19. The van der Waals surface area contributed by atoms with Gasteiger partial charge in [0.05, 0.1) is 0 Å². The van der Waals surface area contributed by atoms with E-state index in [-0.39, 0.29) is 0 Å². The summed E-state index contributed by atoms with van der Waals surface area (Å²) < 4.78 is 0. The first-order valence-corrected chi connectivity index (χ1v) is 4.43. The molecule has 0 spiro atoms. The van der Waals surface area contributed by atoms with Crippen molar-refractivity contribution in [2.24, 2.45) is 0 Å². The van der Waals surface area contributed by atoms with Crippen molar-refractivity contribution in [3.8, 4) is 0 Å². The van der Waals surface area contributed by atoms with Crippen LogP contribution in [0.15, 0.2) is 18.3 Å². The summed E-state index contributed by atoms with van der Waals surface area (Å²) in [6, 6.07) is 4.52. The first-order valence-electron chi connectivity index (χ1n) is 3.80. The Morgan fingerprint density at radius 2 is 2.55 bits per heavy atom. The molecule has 62 valence electrons. The third-order valence-corrected chi connectivity index (χ3v) is 2.02. The van der Waals surface area contributed by atoms with Crippen LogP contribution in [0.1, 0.15) is 18.2 Å². The summed E-state index contributed by atoms with van der Waals surface area (Å²) in [5, 5.41) is 3.23. The van der Waals surface area contributed by atoms with E-state index in [1.807, 2.05) is 19.3 Å². The molecule has 0 aliphatic heterocycles. The van der Waals surface area contributed by atoms with E-state index < -0.39 is 0 Å².